The van der Waals surface area contributed by atoms with E-state index in [2.05, 4.69) is 10.4 Å². The van der Waals surface area contributed by atoms with Crippen LogP contribution in [0.4, 0.5) is 5.69 Å². The van der Waals surface area contributed by atoms with Gasteiger partial charge in [0.2, 0.25) is 18.0 Å². The molecule has 1 N–H and O–H groups in total. The van der Waals surface area contributed by atoms with E-state index < -0.39 is 12.2 Å². The van der Waals surface area contributed by atoms with Crippen molar-refractivity contribution in [2.75, 3.05) is 5.32 Å². The highest BCUT2D eigenvalue weighted by Crippen LogP contribution is 2.33. The maximum Gasteiger partial charge on any atom is 0.308 e. The molecule has 33 heavy (non-hydrogen) atoms. The van der Waals surface area contributed by atoms with Crippen molar-refractivity contribution in [1.29, 1.82) is 0 Å². The van der Waals surface area contributed by atoms with E-state index in [-0.39, 0.29) is 23.5 Å². The maximum atomic E-state index is 12.5. The zero-order valence-electron chi connectivity index (χ0n) is 18.0. The Balaban J connectivity index is 1.60. The van der Waals surface area contributed by atoms with Gasteiger partial charge in [-0.25, -0.2) is 0 Å². The Morgan fingerprint density at radius 1 is 0.939 bits per heavy atom. The number of amides is 2. The Labute approximate surface area is 190 Å². The highest BCUT2D eigenvalue weighted by atomic mass is 16.5. The van der Waals surface area contributed by atoms with Crippen LogP contribution in [0.25, 0.3) is 0 Å². The van der Waals surface area contributed by atoms with Crippen LogP contribution < -0.4 is 10.1 Å². The number of hydrazone groups is 1. The molecule has 3 aromatic carbocycles. The maximum absolute atomic E-state index is 12.5. The van der Waals surface area contributed by atoms with E-state index in [4.69, 9.17) is 9.47 Å². The number of rotatable bonds is 5. The predicted molar refractivity (Wildman–Crippen MR) is 121 cm³/mol. The number of nitrogens with one attached hydrogen (secondary N) is 1. The lowest BCUT2D eigenvalue weighted by Gasteiger charge is -2.20. The first-order valence-corrected chi connectivity index (χ1v) is 10.2. The average Bonchev–Trinajstić information content (AvgIpc) is 3.26. The molecule has 3 aromatic rings. The molecule has 0 unspecified atom stereocenters. The number of carbonyl (C=O) groups is 3. The van der Waals surface area contributed by atoms with Gasteiger partial charge in [-0.2, -0.15) is 5.01 Å². The summed E-state index contributed by atoms with van der Waals surface area (Å²) in [5, 5.41) is 8.37. The minimum Gasteiger partial charge on any atom is -0.446 e. The van der Waals surface area contributed by atoms with Crippen molar-refractivity contribution in [2.24, 2.45) is 5.10 Å². The van der Waals surface area contributed by atoms with Gasteiger partial charge in [-0.15, -0.1) is 5.10 Å². The lowest BCUT2D eigenvalue weighted by Crippen LogP contribution is -2.25. The molecule has 1 aliphatic rings. The molecule has 0 aromatic heterocycles. The minimum absolute atomic E-state index is 0.144. The van der Waals surface area contributed by atoms with Crippen molar-refractivity contribution in [3.63, 3.8) is 0 Å². The quantitative estimate of drug-likeness (QED) is 0.473. The fourth-order valence-electron chi connectivity index (χ4n) is 3.34. The van der Waals surface area contributed by atoms with Gasteiger partial charge < -0.3 is 14.8 Å². The first kappa shape index (κ1) is 21.8. The zero-order valence-corrected chi connectivity index (χ0v) is 18.0. The minimum atomic E-state index is -0.850. The average molecular weight is 443 g/mol. The predicted octanol–water partition coefficient (Wildman–Crippen LogP) is 4.10. The molecule has 0 spiro atoms. The largest absolute Gasteiger partial charge is 0.446 e. The Bertz CT molecular complexity index is 1240. The number of hydrogen-bond acceptors (Lipinski definition) is 6. The molecule has 1 heterocycles. The highest BCUT2D eigenvalue weighted by Gasteiger charge is 2.34. The van der Waals surface area contributed by atoms with Gasteiger partial charge in [-0.05, 0) is 36.4 Å². The third kappa shape index (κ3) is 4.90. The van der Waals surface area contributed by atoms with E-state index in [1.807, 2.05) is 6.07 Å². The molecule has 8 heteroatoms. The van der Waals surface area contributed by atoms with Crippen LogP contribution >= 0.6 is 0 Å². The molecule has 166 valence electrons. The number of carbonyl (C=O) groups excluding carboxylic acids is 3. The van der Waals surface area contributed by atoms with Crippen molar-refractivity contribution >= 4 is 29.4 Å². The second-order valence-electron chi connectivity index (χ2n) is 7.27. The van der Waals surface area contributed by atoms with E-state index >= 15 is 0 Å². The molecule has 2 amide bonds. The van der Waals surface area contributed by atoms with Gasteiger partial charge in [0.05, 0.1) is 5.56 Å². The van der Waals surface area contributed by atoms with E-state index in [0.29, 0.717) is 22.4 Å². The first-order valence-electron chi connectivity index (χ1n) is 10.2. The van der Waals surface area contributed by atoms with Crippen LogP contribution in [-0.4, -0.2) is 28.7 Å². The van der Waals surface area contributed by atoms with Crippen LogP contribution in [0, 0.1) is 0 Å². The van der Waals surface area contributed by atoms with Crippen LogP contribution in [-0.2, 0) is 14.3 Å². The van der Waals surface area contributed by atoms with Crippen molar-refractivity contribution in [1.82, 2.24) is 5.01 Å². The second-order valence-corrected chi connectivity index (χ2v) is 7.27. The summed E-state index contributed by atoms with van der Waals surface area (Å²) in [6, 6.07) is 22.6. The summed E-state index contributed by atoms with van der Waals surface area (Å²) < 4.78 is 11.3. The van der Waals surface area contributed by atoms with Crippen molar-refractivity contribution in [2.45, 2.75) is 20.1 Å². The van der Waals surface area contributed by atoms with Crippen LogP contribution in [0.2, 0.25) is 0 Å². The van der Waals surface area contributed by atoms with Crippen LogP contribution in [0.1, 0.15) is 41.6 Å². The third-order valence-electron chi connectivity index (χ3n) is 4.80. The molecule has 1 aliphatic heterocycles. The summed E-state index contributed by atoms with van der Waals surface area (Å²) in [4.78, 5) is 36.3. The summed E-state index contributed by atoms with van der Waals surface area (Å²) in [7, 11) is 0. The molecule has 0 bridgehead atoms. The monoisotopic (exact) mass is 443 g/mol. The van der Waals surface area contributed by atoms with Gasteiger partial charge in [0.1, 0.15) is 5.75 Å². The number of benzene rings is 3. The van der Waals surface area contributed by atoms with Gasteiger partial charge in [0.15, 0.2) is 0 Å². The molecular weight excluding hydrogens is 422 g/mol. The number of ether oxygens (including phenoxy) is 2. The smallest absolute Gasteiger partial charge is 0.308 e. The summed E-state index contributed by atoms with van der Waals surface area (Å²) in [6.45, 7) is 2.68. The molecule has 0 aliphatic carbocycles. The Morgan fingerprint density at radius 2 is 1.67 bits per heavy atom. The first-order chi connectivity index (χ1) is 15.9. The zero-order chi connectivity index (χ0) is 23.4. The van der Waals surface area contributed by atoms with Crippen molar-refractivity contribution in [3.05, 3.63) is 95.6 Å². The molecule has 0 saturated carbocycles. The molecule has 0 fully saturated rings. The highest BCUT2D eigenvalue weighted by molar-refractivity contribution is 6.04. The normalized spacial score (nSPS) is 14.8. The van der Waals surface area contributed by atoms with Crippen molar-refractivity contribution < 1.29 is 23.9 Å². The van der Waals surface area contributed by atoms with Gasteiger partial charge in [-0.3, -0.25) is 14.4 Å². The standard InChI is InChI=1S/C25H21N3O5/c1-16(29)28-25(33-24(27-28)21-13-6-7-14-22(21)32-17(2)30)19-11-8-12-20(15-19)26-23(31)18-9-4-3-5-10-18/h3-15,25H,1-2H3,(H,26,31)/t25-/m0/s1. The number of hydrogen-bond donors (Lipinski definition) is 1. The van der Waals surface area contributed by atoms with Crippen LogP contribution in [0.3, 0.4) is 0 Å². The summed E-state index contributed by atoms with van der Waals surface area (Å²) >= 11 is 0. The number of esters is 1. The summed E-state index contributed by atoms with van der Waals surface area (Å²) in [5.74, 6) is -0.653. The fourth-order valence-corrected chi connectivity index (χ4v) is 3.34. The van der Waals surface area contributed by atoms with E-state index in [1.165, 1.54) is 18.9 Å². The Hall–Kier alpha value is -4.46. The molecule has 1 atom stereocenters. The molecule has 8 nitrogen and oxygen atoms in total. The molecular formula is C25H21N3O5. The van der Waals surface area contributed by atoms with Gasteiger partial charge in [0, 0.05) is 30.7 Å². The number of para-hydroxylation sites is 1. The Morgan fingerprint density at radius 3 is 2.39 bits per heavy atom. The van der Waals surface area contributed by atoms with Crippen LogP contribution in [0.5, 0.6) is 5.75 Å². The fraction of sp³-hybridized carbons (Fsp3) is 0.120. The Kier molecular flexibility index (Phi) is 6.17. The van der Waals surface area contributed by atoms with Crippen LogP contribution in [0.15, 0.2) is 84.0 Å². The lowest BCUT2D eigenvalue weighted by atomic mass is 10.1. The SMILES string of the molecule is CC(=O)Oc1ccccc1C1=NN(C(C)=O)[C@H](c2cccc(NC(=O)c3ccccc3)c2)O1. The van der Waals surface area contributed by atoms with Gasteiger partial charge in [0.25, 0.3) is 5.91 Å². The van der Waals surface area contributed by atoms with E-state index in [9.17, 15) is 14.4 Å². The van der Waals surface area contributed by atoms with Gasteiger partial charge >= 0.3 is 5.97 Å². The number of nitrogens with zero attached hydrogens (tertiary/aromatic N) is 2. The molecule has 0 radical (unpaired) electrons. The number of anilines is 1. The summed E-state index contributed by atoms with van der Waals surface area (Å²) in [5.41, 5.74) is 2.12. The van der Waals surface area contributed by atoms with E-state index in [0.717, 1.165) is 0 Å². The van der Waals surface area contributed by atoms with E-state index in [1.54, 1.807) is 72.8 Å². The third-order valence-corrected chi connectivity index (χ3v) is 4.80. The topological polar surface area (TPSA) is 97.3 Å². The molecule has 0 saturated heterocycles. The lowest BCUT2D eigenvalue weighted by molar-refractivity contribution is -0.135. The second kappa shape index (κ2) is 9.35. The van der Waals surface area contributed by atoms with Crippen molar-refractivity contribution in [3.8, 4) is 5.75 Å². The van der Waals surface area contributed by atoms with Gasteiger partial charge in [-0.1, -0.05) is 42.5 Å². The summed E-state index contributed by atoms with van der Waals surface area (Å²) in [6.07, 6.45) is -0.850. The molecule has 4 rings (SSSR count).